The minimum absolute atomic E-state index is 0.120. The van der Waals surface area contributed by atoms with Crippen LogP contribution in [0.1, 0.15) is 10.4 Å². The number of benzene rings is 2. The summed E-state index contributed by atoms with van der Waals surface area (Å²) in [5.41, 5.74) is 1.42. The molecule has 156 valence electrons. The van der Waals surface area contributed by atoms with Crippen molar-refractivity contribution in [3.63, 3.8) is 0 Å². The zero-order valence-corrected chi connectivity index (χ0v) is 17.5. The number of carbonyl (C=O) groups is 1. The van der Waals surface area contributed by atoms with Crippen LogP contribution in [-0.2, 0) is 10.0 Å². The number of thiazole rings is 1. The Bertz CT molecular complexity index is 1340. The lowest BCUT2D eigenvalue weighted by molar-refractivity contribution is 0.102. The van der Waals surface area contributed by atoms with Crippen LogP contribution in [0.2, 0.25) is 0 Å². The number of para-hydroxylation sites is 1. The van der Waals surface area contributed by atoms with E-state index < -0.39 is 21.7 Å². The Morgan fingerprint density at radius 2 is 1.87 bits per heavy atom. The number of nitrogens with zero attached hydrogens (tertiary/aromatic N) is 2. The summed E-state index contributed by atoms with van der Waals surface area (Å²) in [4.78, 5) is 20.8. The van der Waals surface area contributed by atoms with E-state index in [0.717, 1.165) is 11.6 Å². The summed E-state index contributed by atoms with van der Waals surface area (Å²) in [6, 6.07) is 14.5. The number of sulfonamides is 1. The van der Waals surface area contributed by atoms with E-state index in [-0.39, 0.29) is 16.1 Å². The van der Waals surface area contributed by atoms with Gasteiger partial charge in [-0.1, -0.05) is 18.2 Å². The van der Waals surface area contributed by atoms with E-state index in [1.807, 2.05) is 6.07 Å². The average molecular weight is 455 g/mol. The van der Waals surface area contributed by atoms with Crippen molar-refractivity contribution >= 4 is 38.1 Å². The van der Waals surface area contributed by atoms with E-state index >= 15 is 0 Å². The second-order valence-electron chi connectivity index (χ2n) is 6.35. The summed E-state index contributed by atoms with van der Waals surface area (Å²) in [6.45, 7) is 0. The molecule has 0 aliphatic carbocycles. The molecule has 0 fully saturated rings. The molecule has 2 aromatic heterocycles. The molecule has 0 aliphatic rings. The number of anilines is 2. The molecular formula is C21H15FN4O3S2. The minimum atomic E-state index is -4.09. The fourth-order valence-corrected chi connectivity index (χ4v) is 4.53. The van der Waals surface area contributed by atoms with Crippen LogP contribution >= 0.6 is 11.3 Å². The molecule has 0 saturated carbocycles. The second kappa shape index (κ2) is 8.62. The van der Waals surface area contributed by atoms with Crippen LogP contribution in [0.4, 0.5) is 15.2 Å². The maximum atomic E-state index is 13.8. The molecule has 7 nitrogen and oxygen atoms in total. The topological polar surface area (TPSA) is 101 Å². The van der Waals surface area contributed by atoms with E-state index in [0.29, 0.717) is 10.8 Å². The van der Waals surface area contributed by atoms with E-state index in [9.17, 15) is 17.6 Å². The Hall–Kier alpha value is -3.63. The van der Waals surface area contributed by atoms with Crippen LogP contribution in [0.15, 0.2) is 83.3 Å². The van der Waals surface area contributed by atoms with Gasteiger partial charge in [0, 0.05) is 28.9 Å². The highest BCUT2D eigenvalue weighted by molar-refractivity contribution is 7.92. The molecule has 2 N–H and O–H groups in total. The van der Waals surface area contributed by atoms with Gasteiger partial charge in [0.25, 0.3) is 15.9 Å². The van der Waals surface area contributed by atoms with E-state index in [1.54, 1.807) is 23.8 Å². The van der Waals surface area contributed by atoms with Gasteiger partial charge >= 0.3 is 0 Å². The quantitative estimate of drug-likeness (QED) is 0.450. The Morgan fingerprint density at radius 3 is 2.65 bits per heavy atom. The smallest absolute Gasteiger partial charge is 0.262 e. The van der Waals surface area contributed by atoms with Crippen molar-refractivity contribution in [3.8, 4) is 11.3 Å². The molecule has 0 aliphatic heterocycles. The van der Waals surface area contributed by atoms with Gasteiger partial charge in [-0.3, -0.25) is 19.8 Å². The summed E-state index contributed by atoms with van der Waals surface area (Å²) in [5, 5.41) is 4.80. The van der Waals surface area contributed by atoms with Crippen molar-refractivity contribution in [2.45, 2.75) is 4.90 Å². The number of nitrogens with one attached hydrogen (secondary N) is 2. The Morgan fingerprint density at radius 1 is 1.03 bits per heavy atom. The molecule has 1 amide bonds. The fourth-order valence-electron chi connectivity index (χ4n) is 2.70. The maximum Gasteiger partial charge on any atom is 0.262 e. The lowest BCUT2D eigenvalue weighted by Gasteiger charge is -2.10. The highest BCUT2D eigenvalue weighted by Gasteiger charge is 2.18. The molecule has 10 heteroatoms. The van der Waals surface area contributed by atoms with E-state index in [1.165, 1.54) is 53.8 Å². The van der Waals surface area contributed by atoms with Crippen LogP contribution in [0.3, 0.4) is 0 Å². The number of amides is 1. The van der Waals surface area contributed by atoms with Crippen LogP contribution < -0.4 is 10.0 Å². The van der Waals surface area contributed by atoms with Gasteiger partial charge < -0.3 is 0 Å². The summed E-state index contributed by atoms with van der Waals surface area (Å²) in [5.74, 6) is -1.22. The van der Waals surface area contributed by atoms with Crippen molar-refractivity contribution in [1.82, 2.24) is 9.97 Å². The summed E-state index contributed by atoms with van der Waals surface area (Å²) < 4.78 is 41.2. The standard InChI is InChI=1S/C21H15FN4O3S2/c22-17-8-1-2-9-18(17)26-31(28,29)16-7-3-5-14(11-16)20(27)25-21-24-19(13-30-21)15-6-4-10-23-12-15/h1-13,26H,(H,24,25,27). The van der Waals surface area contributed by atoms with Crippen LogP contribution in [0.5, 0.6) is 0 Å². The van der Waals surface area contributed by atoms with Gasteiger partial charge in [0.2, 0.25) is 0 Å². The first-order chi connectivity index (χ1) is 14.9. The van der Waals surface area contributed by atoms with Gasteiger partial charge in [0.05, 0.1) is 16.3 Å². The average Bonchev–Trinajstić information content (AvgIpc) is 3.24. The molecular weight excluding hydrogens is 439 g/mol. The van der Waals surface area contributed by atoms with Crippen LogP contribution in [-0.4, -0.2) is 24.3 Å². The number of rotatable bonds is 6. The first kappa shape index (κ1) is 20.6. The minimum Gasteiger partial charge on any atom is -0.298 e. The fraction of sp³-hybridized carbons (Fsp3) is 0. The maximum absolute atomic E-state index is 13.8. The first-order valence-electron chi connectivity index (χ1n) is 8.97. The summed E-state index contributed by atoms with van der Waals surface area (Å²) >= 11 is 1.24. The van der Waals surface area contributed by atoms with Gasteiger partial charge in [-0.2, -0.15) is 0 Å². The molecule has 0 spiro atoms. The van der Waals surface area contributed by atoms with Gasteiger partial charge in [-0.25, -0.2) is 17.8 Å². The molecule has 4 aromatic rings. The molecule has 0 saturated heterocycles. The SMILES string of the molecule is O=C(Nc1nc(-c2cccnc2)cs1)c1cccc(S(=O)(=O)Nc2ccccc2F)c1. The largest absolute Gasteiger partial charge is 0.298 e. The lowest BCUT2D eigenvalue weighted by atomic mass is 10.2. The number of pyridine rings is 1. The van der Waals surface area contributed by atoms with E-state index in [2.05, 4.69) is 20.0 Å². The molecule has 31 heavy (non-hydrogen) atoms. The molecule has 2 aromatic carbocycles. The number of carbonyl (C=O) groups excluding carboxylic acids is 1. The molecule has 2 heterocycles. The van der Waals surface area contributed by atoms with Crippen molar-refractivity contribution in [1.29, 1.82) is 0 Å². The molecule has 0 radical (unpaired) electrons. The first-order valence-corrected chi connectivity index (χ1v) is 11.3. The van der Waals surface area contributed by atoms with Crippen molar-refractivity contribution in [3.05, 3.63) is 89.8 Å². The van der Waals surface area contributed by atoms with E-state index in [4.69, 9.17) is 0 Å². The normalized spacial score (nSPS) is 11.1. The summed E-state index contributed by atoms with van der Waals surface area (Å²) in [7, 11) is -4.09. The highest BCUT2D eigenvalue weighted by Crippen LogP contribution is 2.25. The molecule has 4 rings (SSSR count). The lowest BCUT2D eigenvalue weighted by Crippen LogP contribution is -2.16. The number of halogens is 1. The van der Waals surface area contributed by atoms with Crippen LogP contribution in [0.25, 0.3) is 11.3 Å². The molecule has 0 bridgehead atoms. The number of hydrogen-bond donors (Lipinski definition) is 2. The molecule has 0 atom stereocenters. The third-order valence-electron chi connectivity index (χ3n) is 4.21. The Kier molecular flexibility index (Phi) is 5.74. The van der Waals surface area contributed by atoms with Crippen molar-refractivity contribution in [2.24, 2.45) is 0 Å². The third-order valence-corrected chi connectivity index (χ3v) is 6.33. The van der Waals surface area contributed by atoms with Gasteiger partial charge in [-0.05, 0) is 42.5 Å². The molecule has 0 unspecified atom stereocenters. The van der Waals surface area contributed by atoms with Crippen molar-refractivity contribution < 1.29 is 17.6 Å². The van der Waals surface area contributed by atoms with Gasteiger partial charge in [0.15, 0.2) is 5.13 Å². The predicted molar refractivity (Wildman–Crippen MR) is 117 cm³/mol. The highest BCUT2D eigenvalue weighted by atomic mass is 32.2. The third kappa shape index (κ3) is 4.76. The Labute approximate surface area is 181 Å². The van der Waals surface area contributed by atoms with Crippen LogP contribution in [0, 0.1) is 5.82 Å². The van der Waals surface area contributed by atoms with Gasteiger partial charge in [0.1, 0.15) is 5.82 Å². The second-order valence-corrected chi connectivity index (χ2v) is 8.89. The van der Waals surface area contributed by atoms with Crippen molar-refractivity contribution in [2.75, 3.05) is 10.0 Å². The zero-order chi connectivity index (χ0) is 21.8. The Balaban J connectivity index is 1.52. The number of hydrogen-bond acceptors (Lipinski definition) is 6. The predicted octanol–water partition coefficient (Wildman–Crippen LogP) is 4.40. The zero-order valence-electron chi connectivity index (χ0n) is 15.8. The monoisotopic (exact) mass is 454 g/mol. The number of aromatic nitrogens is 2. The summed E-state index contributed by atoms with van der Waals surface area (Å²) in [6.07, 6.45) is 3.32. The van der Waals surface area contributed by atoms with Gasteiger partial charge in [-0.15, -0.1) is 11.3 Å².